The van der Waals surface area contributed by atoms with Gasteiger partial charge < -0.3 is 10.1 Å². The predicted octanol–water partition coefficient (Wildman–Crippen LogP) is 4.81. The standard InChI is InChI=1S/C22H29NO3S/c1-12-3-4-16-17(5-12)27-19(18(16)20(24)26-2)23-21(25)22-9-13-6-14(10-22)8-15(7-13)11-22/h12-15H,3-11H2,1-2H3,(H,23,25). The molecule has 1 atom stereocenters. The molecule has 0 spiro atoms. The van der Waals surface area contributed by atoms with Crippen LogP contribution in [0.3, 0.4) is 0 Å². The average Bonchev–Trinajstić information content (AvgIpc) is 2.96. The summed E-state index contributed by atoms with van der Waals surface area (Å²) >= 11 is 1.61. The number of carbonyl (C=O) groups is 2. The number of rotatable bonds is 3. The molecule has 4 fully saturated rings. The van der Waals surface area contributed by atoms with Crippen LogP contribution in [0.15, 0.2) is 0 Å². The summed E-state index contributed by atoms with van der Waals surface area (Å²) < 4.78 is 5.08. The number of ether oxygens (including phenoxy) is 1. The van der Waals surface area contributed by atoms with Crippen LogP contribution in [0.5, 0.6) is 0 Å². The van der Waals surface area contributed by atoms with Gasteiger partial charge in [0.15, 0.2) is 0 Å². The number of anilines is 1. The molecule has 5 heteroatoms. The van der Waals surface area contributed by atoms with E-state index < -0.39 is 0 Å². The zero-order chi connectivity index (χ0) is 18.8. The Labute approximate surface area is 165 Å². The summed E-state index contributed by atoms with van der Waals surface area (Å²) in [5.41, 5.74) is 1.55. The van der Waals surface area contributed by atoms with E-state index in [0.29, 0.717) is 11.5 Å². The maximum absolute atomic E-state index is 13.4. The van der Waals surface area contributed by atoms with E-state index >= 15 is 0 Å². The summed E-state index contributed by atoms with van der Waals surface area (Å²) in [5, 5.41) is 3.97. The molecule has 1 heterocycles. The Kier molecular flexibility index (Phi) is 4.15. The van der Waals surface area contributed by atoms with E-state index in [1.165, 1.54) is 31.2 Å². The van der Waals surface area contributed by atoms with Crippen molar-refractivity contribution in [3.63, 3.8) is 0 Å². The number of fused-ring (bicyclic) bond motifs is 1. The molecule has 4 nitrogen and oxygen atoms in total. The first-order valence-corrected chi connectivity index (χ1v) is 11.3. The SMILES string of the molecule is COC(=O)c1c(NC(=O)C23CC4CC(CC(C4)C2)C3)sc2c1CCC(C)C2. The third-order valence-electron chi connectivity index (χ3n) is 7.65. The lowest BCUT2D eigenvalue weighted by Crippen LogP contribution is -2.51. The number of methoxy groups -OCH3 is 1. The Morgan fingerprint density at radius 3 is 2.33 bits per heavy atom. The molecule has 1 unspecified atom stereocenters. The molecule has 5 aliphatic rings. The minimum Gasteiger partial charge on any atom is -0.465 e. The van der Waals surface area contributed by atoms with Crippen LogP contribution >= 0.6 is 11.3 Å². The van der Waals surface area contributed by atoms with E-state index in [-0.39, 0.29) is 17.3 Å². The highest BCUT2D eigenvalue weighted by molar-refractivity contribution is 7.17. The molecule has 4 saturated carbocycles. The first-order valence-electron chi connectivity index (χ1n) is 10.5. The summed E-state index contributed by atoms with van der Waals surface area (Å²) in [6.45, 7) is 2.26. The van der Waals surface area contributed by atoms with Crippen molar-refractivity contribution < 1.29 is 14.3 Å². The summed E-state index contributed by atoms with van der Waals surface area (Å²) in [6.07, 6.45) is 10.1. The Morgan fingerprint density at radius 2 is 1.74 bits per heavy atom. The van der Waals surface area contributed by atoms with Crippen LogP contribution in [0.4, 0.5) is 5.00 Å². The van der Waals surface area contributed by atoms with Gasteiger partial charge in [-0.2, -0.15) is 0 Å². The van der Waals surface area contributed by atoms with Gasteiger partial charge in [-0.1, -0.05) is 6.92 Å². The largest absolute Gasteiger partial charge is 0.465 e. The molecule has 1 aromatic heterocycles. The van der Waals surface area contributed by atoms with Crippen LogP contribution in [0.25, 0.3) is 0 Å². The summed E-state index contributed by atoms with van der Waals surface area (Å²) in [5.74, 6) is 2.70. The Morgan fingerprint density at radius 1 is 1.11 bits per heavy atom. The summed E-state index contributed by atoms with van der Waals surface area (Å²) in [7, 11) is 1.43. The predicted molar refractivity (Wildman–Crippen MR) is 106 cm³/mol. The average molecular weight is 388 g/mol. The second kappa shape index (κ2) is 6.33. The quantitative estimate of drug-likeness (QED) is 0.757. The van der Waals surface area contributed by atoms with E-state index in [0.717, 1.165) is 66.8 Å². The number of nitrogens with one attached hydrogen (secondary N) is 1. The minimum atomic E-state index is -0.303. The molecule has 0 aromatic carbocycles. The van der Waals surface area contributed by atoms with Crippen molar-refractivity contribution in [1.82, 2.24) is 0 Å². The molecule has 4 bridgehead atoms. The van der Waals surface area contributed by atoms with Crippen LogP contribution in [-0.4, -0.2) is 19.0 Å². The van der Waals surface area contributed by atoms with Crippen LogP contribution in [0.1, 0.15) is 72.7 Å². The van der Waals surface area contributed by atoms with Gasteiger partial charge in [-0.15, -0.1) is 11.3 Å². The second-order valence-corrected chi connectivity index (χ2v) is 10.8. The highest BCUT2D eigenvalue weighted by atomic mass is 32.1. The fraction of sp³-hybridized carbons (Fsp3) is 0.727. The van der Waals surface area contributed by atoms with Gasteiger partial charge in [-0.05, 0) is 87.0 Å². The normalized spacial score (nSPS) is 36.4. The van der Waals surface area contributed by atoms with Crippen LogP contribution < -0.4 is 5.32 Å². The van der Waals surface area contributed by atoms with Crippen molar-refractivity contribution in [1.29, 1.82) is 0 Å². The fourth-order valence-corrected chi connectivity index (χ4v) is 8.18. The first kappa shape index (κ1) is 17.7. The van der Waals surface area contributed by atoms with Crippen molar-refractivity contribution in [2.24, 2.45) is 29.1 Å². The van der Waals surface area contributed by atoms with Crippen molar-refractivity contribution in [2.75, 3.05) is 12.4 Å². The van der Waals surface area contributed by atoms with Gasteiger partial charge in [-0.25, -0.2) is 4.79 Å². The first-order chi connectivity index (χ1) is 13.0. The number of amides is 1. The van der Waals surface area contributed by atoms with Gasteiger partial charge in [0.05, 0.1) is 18.1 Å². The topological polar surface area (TPSA) is 55.4 Å². The van der Waals surface area contributed by atoms with Crippen LogP contribution in [0, 0.1) is 29.1 Å². The highest BCUT2D eigenvalue weighted by Crippen LogP contribution is 2.60. The number of esters is 1. The summed E-state index contributed by atoms with van der Waals surface area (Å²) in [4.78, 5) is 27.2. The third kappa shape index (κ3) is 2.84. The van der Waals surface area contributed by atoms with E-state index in [1.54, 1.807) is 11.3 Å². The van der Waals surface area contributed by atoms with E-state index in [9.17, 15) is 9.59 Å². The van der Waals surface area contributed by atoms with Crippen LogP contribution in [0.2, 0.25) is 0 Å². The number of hydrogen-bond donors (Lipinski definition) is 1. The molecule has 1 amide bonds. The molecule has 6 rings (SSSR count). The smallest absolute Gasteiger partial charge is 0.341 e. The molecular weight excluding hydrogens is 358 g/mol. The molecular formula is C22H29NO3S. The Hall–Kier alpha value is -1.36. The molecule has 5 aliphatic carbocycles. The Balaban J connectivity index is 1.45. The zero-order valence-corrected chi connectivity index (χ0v) is 17.1. The number of carbonyl (C=O) groups excluding carboxylic acids is 2. The molecule has 146 valence electrons. The molecule has 27 heavy (non-hydrogen) atoms. The lowest BCUT2D eigenvalue weighted by atomic mass is 9.49. The zero-order valence-electron chi connectivity index (χ0n) is 16.3. The van der Waals surface area contributed by atoms with Crippen LogP contribution in [-0.2, 0) is 22.4 Å². The summed E-state index contributed by atoms with van der Waals surface area (Å²) in [6, 6.07) is 0. The van der Waals surface area contributed by atoms with E-state index in [2.05, 4.69) is 12.2 Å². The minimum absolute atomic E-state index is 0.165. The Bertz CT molecular complexity index is 760. The van der Waals surface area contributed by atoms with Gasteiger partial charge in [-0.3, -0.25) is 4.79 Å². The number of thiophene rings is 1. The third-order valence-corrected chi connectivity index (χ3v) is 8.82. The fourth-order valence-electron chi connectivity index (χ4n) is 6.78. The van der Waals surface area contributed by atoms with Gasteiger partial charge in [0.1, 0.15) is 5.00 Å². The molecule has 0 aliphatic heterocycles. The lowest BCUT2D eigenvalue weighted by molar-refractivity contribution is -0.140. The van der Waals surface area contributed by atoms with Crippen molar-refractivity contribution in [3.05, 3.63) is 16.0 Å². The second-order valence-electron chi connectivity index (χ2n) is 9.70. The lowest BCUT2D eigenvalue weighted by Gasteiger charge is -2.55. The van der Waals surface area contributed by atoms with E-state index in [1.807, 2.05) is 0 Å². The maximum Gasteiger partial charge on any atom is 0.341 e. The number of hydrogen-bond acceptors (Lipinski definition) is 4. The van der Waals surface area contributed by atoms with E-state index in [4.69, 9.17) is 4.74 Å². The van der Waals surface area contributed by atoms with Crippen molar-refractivity contribution in [2.45, 2.75) is 64.7 Å². The van der Waals surface area contributed by atoms with Gasteiger partial charge in [0.2, 0.25) is 5.91 Å². The molecule has 0 saturated heterocycles. The molecule has 1 N–H and O–H groups in total. The van der Waals surface area contributed by atoms with Gasteiger partial charge >= 0.3 is 5.97 Å². The van der Waals surface area contributed by atoms with Crippen molar-refractivity contribution >= 4 is 28.2 Å². The van der Waals surface area contributed by atoms with Gasteiger partial charge in [0.25, 0.3) is 0 Å². The molecule has 0 radical (unpaired) electrons. The molecule has 1 aromatic rings. The monoisotopic (exact) mass is 387 g/mol. The maximum atomic E-state index is 13.4. The highest BCUT2D eigenvalue weighted by Gasteiger charge is 2.54. The van der Waals surface area contributed by atoms with Gasteiger partial charge in [0, 0.05) is 4.88 Å². The van der Waals surface area contributed by atoms with Crippen molar-refractivity contribution in [3.8, 4) is 0 Å².